The molecule has 2 aliphatic rings. The lowest BCUT2D eigenvalue weighted by atomic mass is 9.75. The van der Waals surface area contributed by atoms with Crippen molar-refractivity contribution in [2.45, 2.75) is 59.4 Å². The van der Waals surface area contributed by atoms with Crippen LogP contribution in [0.2, 0.25) is 0 Å². The molecule has 1 aliphatic heterocycles. The molecule has 6 nitrogen and oxygen atoms in total. The summed E-state index contributed by atoms with van der Waals surface area (Å²) in [6.07, 6.45) is 3.97. The lowest BCUT2D eigenvalue weighted by Crippen LogP contribution is -2.34. The predicted molar refractivity (Wildman–Crippen MR) is 93.7 cm³/mol. The molecular formula is C19H25N3O3. The number of rotatable bonds is 4. The van der Waals surface area contributed by atoms with E-state index in [-0.39, 0.29) is 11.8 Å². The van der Waals surface area contributed by atoms with E-state index in [1.165, 1.54) is 0 Å². The molecule has 0 bridgehead atoms. The number of dihydropyridines is 1. The fourth-order valence-corrected chi connectivity index (χ4v) is 3.84. The summed E-state index contributed by atoms with van der Waals surface area (Å²) >= 11 is 0. The Morgan fingerprint density at radius 3 is 2.76 bits per heavy atom. The highest BCUT2D eigenvalue weighted by Gasteiger charge is 2.40. The van der Waals surface area contributed by atoms with E-state index in [0.717, 1.165) is 42.0 Å². The lowest BCUT2D eigenvalue weighted by molar-refractivity contribution is -0.138. The number of carbonyl (C=O) groups is 2. The van der Waals surface area contributed by atoms with Crippen LogP contribution in [0.4, 0.5) is 0 Å². The third-order valence-electron chi connectivity index (χ3n) is 5.02. The molecule has 2 heterocycles. The first-order valence-corrected chi connectivity index (χ1v) is 8.93. The summed E-state index contributed by atoms with van der Waals surface area (Å²) in [5.41, 5.74) is 4.83. The Balaban J connectivity index is 2.18. The average Bonchev–Trinajstić information content (AvgIpc) is 2.94. The van der Waals surface area contributed by atoms with Crippen LogP contribution in [0, 0.1) is 6.92 Å². The summed E-state index contributed by atoms with van der Waals surface area (Å²) in [4.78, 5) is 25.4. The molecule has 1 unspecified atom stereocenters. The van der Waals surface area contributed by atoms with Gasteiger partial charge in [-0.15, -0.1) is 0 Å². The van der Waals surface area contributed by atoms with Crippen LogP contribution < -0.4 is 5.32 Å². The van der Waals surface area contributed by atoms with Crippen LogP contribution >= 0.6 is 0 Å². The second-order valence-electron chi connectivity index (χ2n) is 6.49. The number of aryl methyl sites for hydroxylation is 1. The first-order valence-electron chi connectivity index (χ1n) is 8.93. The maximum absolute atomic E-state index is 12.7. The number of allylic oxidation sites excluding steroid dienone is 3. The van der Waals surface area contributed by atoms with Crippen molar-refractivity contribution in [3.63, 3.8) is 0 Å². The van der Waals surface area contributed by atoms with Gasteiger partial charge < -0.3 is 10.1 Å². The predicted octanol–water partition coefficient (Wildman–Crippen LogP) is 2.74. The summed E-state index contributed by atoms with van der Waals surface area (Å²) in [6, 6.07) is 0. The Labute approximate surface area is 147 Å². The van der Waals surface area contributed by atoms with E-state index in [0.29, 0.717) is 24.2 Å². The molecule has 0 saturated carbocycles. The first kappa shape index (κ1) is 17.5. The van der Waals surface area contributed by atoms with E-state index in [1.807, 2.05) is 25.5 Å². The highest BCUT2D eigenvalue weighted by molar-refractivity contribution is 6.03. The second kappa shape index (κ2) is 6.86. The fourth-order valence-electron chi connectivity index (χ4n) is 3.84. The standard InChI is InChI=1S/C19H25N3O3/c1-5-22-12(4)13(10-20-22)17-16(19(24)25-6-2)11(3)21-14-8-7-9-15(23)18(14)17/h10,17,21H,5-9H2,1-4H3. The molecule has 3 rings (SSSR count). The fraction of sp³-hybridized carbons (Fsp3) is 0.526. The Hall–Kier alpha value is -2.37. The molecule has 25 heavy (non-hydrogen) atoms. The quantitative estimate of drug-likeness (QED) is 0.851. The van der Waals surface area contributed by atoms with E-state index >= 15 is 0 Å². The van der Waals surface area contributed by atoms with Gasteiger partial charge in [0.2, 0.25) is 0 Å². The molecule has 134 valence electrons. The van der Waals surface area contributed by atoms with Gasteiger partial charge in [0.05, 0.1) is 24.3 Å². The minimum absolute atomic E-state index is 0.108. The number of ketones is 1. The molecule has 1 aromatic heterocycles. The number of aromatic nitrogens is 2. The molecule has 0 saturated heterocycles. The molecule has 0 spiro atoms. The molecule has 1 atom stereocenters. The van der Waals surface area contributed by atoms with Crippen LogP contribution in [0.3, 0.4) is 0 Å². The number of nitrogens with one attached hydrogen (secondary N) is 1. The van der Waals surface area contributed by atoms with Gasteiger partial charge in [-0.05, 0) is 40.5 Å². The zero-order valence-corrected chi connectivity index (χ0v) is 15.3. The maximum Gasteiger partial charge on any atom is 0.336 e. The highest BCUT2D eigenvalue weighted by Crippen LogP contribution is 2.43. The van der Waals surface area contributed by atoms with Crippen molar-refractivity contribution in [2.75, 3.05) is 6.61 Å². The number of carbonyl (C=O) groups excluding carboxylic acids is 2. The minimum Gasteiger partial charge on any atom is -0.463 e. The van der Waals surface area contributed by atoms with E-state index < -0.39 is 5.92 Å². The zero-order valence-electron chi connectivity index (χ0n) is 15.3. The molecule has 1 aromatic rings. The van der Waals surface area contributed by atoms with E-state index in [2.05, 4.69) is 10.4 Å². The molecule has 0 aromatic carbocycles. The van der Waals surface area contributed by atoms with Crippen molar-refractivity contribution >= 4 is 11.8 Å². The Morgan fingerprint density at radius 2 is 2.12 bits per heavy atom. The zero-order chi connectivity index (χ0) is 18.1. The molecule has 0 amide bonds. The third kappa shape index (κ3) is 2.90. The van der Waals surface area contributed by atoms with Crippen molar-refractivity contribution in [1.82, 2.24) is 15.1 Å². The monoisotopic (exact) mass is 343 g/mol. The summed E-state index contributed by atoms with van der Waals surface area (Å²) in [5, 5.41) is 7.71. The van der Waals surface area contributed by atoms with E-state index in [9.17, 15) is 9.59 Å². The number of hydrogen-bond acceptors (Lipinski definition) is 5. The second-order valence-corrected chi connectivity index (χ2v) is 6.49. The van der Waals surface area contributed by atoms with Gasteiger partial charge >= 0.3 is 5.97 Å². The van der Waals surface area contributed by atoms with Crippen LogP contribution in [0.5, 0.6) is 0 Å². The Bertz CT molecular complexity index is 786. The summed E-state index contributed by atoms with van der Waals surface area (Å²) in [7, 11) is 0. The van der Waals surface area contributed by atoms with Gasteiger partial charge in [-0.1, -0.05) is 0 Å². The molecule has 1 aliphatic carbocycles. The van der Waals surface area contributed by atoms with Crippen LogP contribution in [0.1, 0.15) is 57.2 Å². The van der Waals surface area contributed by atoms with E-state index in [1.54, 1.807) is 13.1 Å². The van der Waals surface area contributed by atoms with Gasteiger partial charge in [-0.3, -0.25) is 9.48 Å². The normalized spacial score (nSPS) is 20.5. The summed E-state index contributed by atoms with van der Waals surface area (Å²) in [5.74, 6) is -0.661. The van der Waals surface area contributed by atoms with Gasteiger partial charge in [0.25, 0.3) is 0 Å². The Morgan fingerprint density at radius 1 is 1.36 bits per heavy atom. The smallest absolute Gasteiger partial charge is 0.336 e. The van der Waals surface area contributed by atoms with Gasteiger partial charge in [-0.25, -0.2) is 4.79 Å². The number of ether oxygens (including phenoxy) is 1. The first-order chi connectivity index (χ1) is 12.0. The van der Waals surface area contributed by atoms with Gasteiger partial charge in [-0.2, -0.15) is 5.10 Å². The Kier molecular flexibility index (Phi) is 4.79. The largest absolute Gasteiger partial charge is 0.463 e. The van der Waals surface area contributed by atoms with Crippen molar-refractivity contribution in [3.05, 3.63) is 40.0 Å². The van der Waals surface area contributed by atoms with Gasteiger partial charge in [0.15, 0.2) is 5.78 Å². The summed E-state index contributed by atoms with van der Waals surface area (Å²) < 4.78 is 7.19. The highest BCUT2D eigenvalue weighted by atomic mass is 16.5. The van der Waals surface area contributed by atoms with Crippen LogP contribution in [-0.4, -0.2) is 28.1 Å². The molecule has 1 N–H and O–H groups in total. The molecular weight excluding hydrogens is 318 g/mol. The van der Waals surface area contributed by atoms with Crippen LogP contribution in [0.25, 0.3) is 0 Å². The SMILES string of the molecule is CCOC(=O)C1=C(C)NC2=C(C(=O)CCC2)C1c1cnn(CC)c1C. The van der Waals surface area contributed by atoms with Crippen LogP contribution in [-0.2, 0) is 20.9 Å². The van der Waals surface area contributed by atoms with Crippen molar-refractivity contribution in [1.29, 1.82) is 0 Å². The van der Waals surface area contributed by atoms with Gasteiger partial charge in [0, 0.05) is 41.2 Å². The van der Waals surface area contributed by atoms with Gasteiger partial charge in [0.1, 0.15) is 0 Å². The topological polar surface area (TPSA) is 73.2 Å². The molecule has 0 fully saturated rings. The molecule has 0 radical (unpaired) electrons. The van der Waals surface area contributed by atoms with Crippen molar-refractivity contribution in [3.8, 4) is 0 Å². The number of nitrogens with zero attached hydrogens (tertiary/aromatic N) is 2. The van der Waals surface area contributed by atoms with Crippen molar-refractivity contribution in [2.24, 2.45) is 0 Å². The van der Waals surface area contributed by atoms with Crippen molar-refractivity contribution < 1.29 is 14.3 Å². The number of Topliss-reactive ketones (excluding diaryl/α,β-unsaturated/α-hetero) is 1. The third-order valence-corrected chi connectivity index (χ3v) is 5.02. The van der Waals surface area contributed by atoms with E-state index in [4.69, 9.17) is 4.74 Å². The summed E-state index contributed by atoms with van der Waals surface area (Å²) in [6.45, 7) is 8.72. The molecule has 6 heteroatoms. The lowest BCUT2D eigenvalue weighted by Gasteiger charge is -2.33. The number of hydrogen-bond donors (Lipinski definition) is 1. The number of esters is 1. The average molecular weight is 343 g/mol. The minimum atomic E-state index is -0.400. The maximum atomic E-state index is 12.7. The van der Waals surface area contributed by atoms with Crippen LogP contribution in [0.15, 0.2) is 28.7 Å².